The Kier molecular flexibility index (Phi) is 9.02. The van der Waals surface area contributed by atoms with Crippen molar-refractivity contribution in [1.29, 1.82) is 10.5 Å². The molecular weight excluding hydrogens is 740 g/mol. The number of fused-ring (bicyclic) bond motifs is 3. The van der Waals surface area contributed by atoms with Gasteiger partial charge in [0, 0.05) is 33.0 Å². The lowest BCUT2D eigenvalue weighted by atomic mass is 10.00. The molecule has 10 rings (SSSR count). The van der Waals surface area contributed by atoms with Crippen LogP contribution in [0.25, 0.3) is 95.0 Å². The van der Waals surface area contributed by atoms with Crippen LogP contribution in [0.15, 0.2) is 188 Å². The van der Waals surface area contributed by atoms with Gasteiger partial charge in [0.1, 0.15) is 5.82 Å². The largest absolute Gasteiger partial charge is 0.309 e. The number of halogens is 1. The van der Waals surface area contributed by atoms with Crippen molar-refractivity contribution in [3.05, 3.63) is 205 Å². The Bertz CT molecular complexity index is 3170. The molecular formula is C53H31FN6. The van der Waals surface area contributed by atoms with Crippen molar-refractivity contribution in [2.75, 3.05) is 0 Å². The molecule has 0 amide bonds. The molecule has 0 fully saturated rings. The molecule has 6 nitrogen and oxygen atoms in total. The molecule has 60 heavy (non-hydrogen) atoms. The van der Waals surface area contributed by atoms with Gasteiger partial charge in [0.25, 0.3) is 0 Å². The van der Waals surface area contributed by atoms with Crippen LogP contribution < -0.4 is 0 Å². The maximum Gasteiger partial charge on any atom is 0.164 e. The van der Waals surface area contributed by atoms with Crippen LogP contribution in [-0.2, 0) is 0 Å². The zero-order valence-electron chi connectivity index (χ0n) is 32.0. The average molecular weight is 771 g/mol. The number of rotatable bonds is 7. The van der Waals surface area contributed by atoms with Crippen LogP contribution in [0.3, 0.4) is 0 Å². The topological polar surface area (TPSA) is 91.2 Å². The van der Waals surface area contributed by atoms with Crippen LogP contribution in [0.5, 0.6) is 0 Å². The van der Waals surface area contributed by atoms with Crippen LogP contribution in [0.1, 0.15) is 11.1 Å². The molecule has 2 aromatic heterocycles. The van der Waals surface area contributed by atoms with Gasteiger partial charge in [-0.25, -0.2) is 19.3 Å². The van der Waals surface area contributed by atoms with Crippen molar-refractivity contribution < 1.29 is 4.39 Å². The molecule has 0 spiro atoms. The molecule has 0 radical (unpaired) electrons. The summed E-state index contributed by atoms with van der Waals surface area (Å²) >= 11 is 0. The second kappa shape index (κ2) is 15.1. The van der Waals surface area contributed by atoms with Gasteiger partial charge < -0.3 is 4.57 Å². The summed E-state index contributed by atoms with van der Waals surface area (Å²) in [6.45, 7) is 0. The Morgan fingerprint density at radius 3 is 1.32 bits per heavy atom. The first kappa shape index (κ1) is 35.9. The van der Waals surface area contributed by atoms with E-state index < -0.39 is 0 Å². The third-order valence-electron chi connectivity index (χ3n) is 10.8. The minimum atomic E-state index is -0.325. The average Bonchev–Trinajstić information content (AvgIpc) is 3.65. The number of nitrogens with zero attached hydrogens (tertiary/aromatic N) is 6. The quantitative estimate of drug-likeness (QED) is 0.161. The minimum absolute atomic E-state index is 0.325. The summed E-state index contributed by atoms with van der Waals surface area (Å²) in [6, 6.07) is 65.0. The zero-order valence-corrected chi connectivity index (χ0v) is 32.0. The minimum Gasteiger partial charge on any atom is -0.309 e. The van der Waals surface area contributed by atoms with E-state index in [1.54, 1.807) is 24.3 Å². The maximum atomic E-state index is 14.5. The van der Waals surface area contributed by atoms with E-state index in [-0.39, 0.29) is 5.82 Å². The predicted octanol–water partition coefficient (Wildman–Crippen LogP) is 12.9. The molecule has 10 aromatic rings. The molecule has 0 saturated heterocycles. The van der Waals surface area contributed by atoms with Gasteiger partial charge in [-0.15, -0.1) is 0 Å². The van der Waals surface area contributed by atoms with E-state index >= 15 is 0 Å². The summed E-state index contributed by atoms with van der Waals surface area (Å²) < 4.78 is 16.7. The second-order valence-corrected chi connectivity index (χ2v) is 14.5. The lowest BCUT2D eigenvalue weighted by Crippen LogP contribution is -2.02. The van der Waals surface area contributed by atoms with Crippen LogP contribution in [0.4, 0.5) is 4.39 Å². The summed E-state index contributed by atoms with van der Waals surface area (Å²) in [5, 5.41) is 21.6. The zero-order chi connectivity index (χ0) is 40.6. The first-order valence-corrected chi connectivity index (χ1v) is 19.4. The van der Waals surface area contributed by atoms with Crippen LogP contribution in [0, 0.1) is 28.5 Å². The lowest BCUT2D eigenvalue weighted by molar-refractivity contribution is 0.628. The molecule has 0 aliphatic carbocycles. The summed E-state index contributed by atoms with van der Waals surface area (Å²) in [5.41, 5.74) is 11.8. The summed E-state index contributed by atoms with van der Waals surface area (Å²) in [4.78, 5) is 15.1. The maximum absolute atomic E-state index is 14.5. The smallest absolute Gasteiger partial charge is 0.164 e. The number of nitriles is 2. The molecule has 0 N–H and O–H groups in total. The second-order valence-electron chi connectivity index (χ2n) is 14.5. The van der Waals surface area contributed by atoms with Gasteiger partial charge in [0.15, 0.2) is 17.5 Å². The number of aromatic nitrogens is 4. The van der Waals surface area contributed by atoms with E-state index in [0.717, 1.165) is 77.6 Å². The third kappa shape index (κ3) is 6.63. The molecule has 2 heterocycles. The fourth-order valence-electron chi connectivity index (χ4n) is 7.84. The monoisotopic (exact) mass is 770 g/mol. The van der Waals surface area contributed by atoms with E-state index in [1.165, 1.54) is 12.1 Å². The highest BCUT2D eigenvalue weighted by Crippen LogP contribution is 2.41. The molecule has 8 aromatic carbocycles. The van der Waals surface area contributed by atoms with E-state index in [4.69, 9.17) is 15.0 Å². The van der Waals surface area contributed by atoms with Crippen molar-refractivity contribution in [2.24, 2.45) is 0 Å². The third-order valence-corrected chi connectivity index (χ3v) is 10.8. The summed E-state index contributed by atoms with van der Waals surface area (Å²) in [6.07, 6.45) is 0. The fourth-order valence-corrected chi connectivity index (χ4v) is 7.84. The van der Waals surface area contributed by atoms with E-state index in [9.17, 15) is 14.9 Å². The van der Waals surface area contributed by atoms with Gasteiger partial charge >= 0.3 is 0 Å². The Morgan fingerprint density at radius 2 is 0.817 bits per heavy atom. The molecule has 0 unspecified atom stereocenters. The Morgan fingerprint density at radius 1 is 0.383 bits per heavy atom. The molecule has 280 valence electrons. The van der Waals surface area contributed by atoms with E-state index in [2.05, 4.69) is 59.2 Å². The highest BCUT2D eigenvalue weighted by Gasteiger charge is 2.20. The Labute approximate surface area is 345 Å². The number of hydrogen-bond acceptors (Lipinski definition) is 5. The highest BCUT2D eigenvalue weighted by molar-refractivity contribution is 6.12. The standard InChI is InChI=1S/C53H31FN6/c54-44-22-17-36(18-23-44)45-24-21-43(53-58-51(37-11-3-1-4-12-37)57-52(59-53)38-13-5-2-6-14-38)31-48(45)60-49-29-41(39-15-7-9-34(27-39)32-55)19-25-46(49)47-26-20-42(30-50(47)60)40-16-8-10-35(28-40)33-56/h1-31H. The number of hydrogen-bond donors (Lipinski definition) is 0. The SMILES string of the molecule is N#Cc1cccc(-c2ccc3c4ccc(-c5cccc(C#N)c5)cc4n(-c4cc(-c5nc(-c6ccccc6)nc(-c6ccccc6)n5)ccc4-c4ccc(F)cc4)c3c2)c1. The van der Waals surface area contributed by atoms with Gasteiger partial charge in [0.05, 0.1) is 40.0 Å². The van der Waals surface area contributed by atoms with Gasteiger partial charge in [-0.2, -0.15) is 10.5 Å². The molecule has 0 saturated carbocycles. The van der Waals surface area contributed by atoms with Crippen molar-refractivity contribution in [3.8, 4) is 85.4 Å². The summed E-state index contributed by atoms with van der Waals surface area (Å²) in [5.74, 6) is 1.27. The molecule has 7 heteroatoms. The van der Waals surface area contributed by atoms with Gasteiger partial charge in [-0.1, -0.05) is 133 Å². The molecule has 0 bridgehead atoms. The van der Waals surface area contributed by atoms with Crippen molar-refractivity contribution in [3.63, 3.8) is 0 Å². The first-order chi connectivity index (χ1) is 29.5. The predicted molar refractivity (Wildman–Crippen MR) is 236 cm³/mol. The van der Waals surface area contributed by atoms with Crippen molar-refractivity contribution >= 4 is 21.8 Å². The van der Waals surface area contributed by atoms with Crippen molar-refractivity contribution in [2.45, 2.75) is 0 Å². The summed E-state index contributed by atoms with van der Waals surface area (Å²) in [7, 11) is 0. The van der Waals surface area contributed by atoms with Crippen molar-refractivity contribution in [1.82, 2.24) is 19.5 Å². The highest BCUT2D eigenvalue weighted by atomic mass is 19.1. The van der Waals surface area contributed by atoms with Gasteiger partial charge in [-0.05, 0) is 82.4 Å². The fraction of sp³-hybridized carbons (Fsp3) is 0. The molecule has 0 aliphatic rings. The lowest BCUT2D eigenvalue weighted by Gasteiger charge is -2.17. The Balaban J connectivity index is 1.28. The number of benzene rings is 8. The van der Waals surface area contributed by atoms with Gasteiger partial charge in [0.2, 0.25) is 0 Å². The van der Waals surface area contributed by atoms with Crippen LogP contribution >= 0.6 is 0 Å². The molecule has 0 aliphatic heterocycles. The van der Waals surface area contributed by atoms with Gasteiger partial charge in [-0.3, -0.25) is 0 Å². The van der Waals surface area contributed by atoms with E-state index in [1.807, 2.05) is 109 Å². The van der Waals surface area contributed by atoms with Crippen LogP contribution in [0.2, 0.25) is 0 Å². The normalized spacial score (nSPS) is 11.1. The molecule has 0 atom stereocenters. The van der Waals surface area contributed by atoms with Crippen LogP contribution in [-0.4, -0.2) is 19.5 Å². The van der Waals surface area contributed by atoms with E-state index in [0.29, 0.717) is 28.6 Å². The first-order valence-electron chi connectivity index (χ1n) is 19.4. The Hall–Kier alpha value is -8.52.